The van der Waals surface area contributed by atoms with E-state index in [1.54, 1.807) is 25.1 Å². The Bertz CT molecular complexity index is 1580. The molecular weight excluding hydrogens is 506 g/mol. The molecule has 0 saturated heterocycles. The van der Waals surface area contributed by atoms with Crippen molar-refractivity contribution in [2.75, 3.05) is 13.2 Å². The molecule has 0 aliphatic heterocycles. The molecule has 0 radical (unpaired) electrons. The molecule has 0 saturated carbocycles. The van der Waals surface area contributed by atoms with Crippen LogP contribution in [-0.4, -0.2) is 40.3 Å². The lowest BCUT2D eigenvalue weighted by Gasteiger charge is -2.49. The molecule has 4 aromatic rings. The van der Waals surface area contributed by atoms with Crippen LogP contribution in [0.3, 0.4) is 0 Å². The van der Waals surface area contributed by atoms with E-state index in [0.29, 0.717) is 36.6 Å². The zero-order valence-electron chi connectivity index (χ0n) is 22.8. The quantitative estimate of drug-likeness (QED) is 0.289. The number of ether oxygens (including phenoxy) is 2. The van der Waals surface area contributed by atoms with Crippen molar-refractivity contribution in [1.82, 2.24) is 15.1 Å². The third kappa shape index (κ3) is 4.18. The molecule has 0 bridgehead atoms. The average Bonchev–Trinajstić information content (AvgIpc) is 3.46. The SMILES string of the molecule is CCOC(=O)c1ccc(-c2ncc3c(n2)[C@@]2(c4cccc(C(=O)OCC)c4)Cc4cnoc4[C@@H](C)[C@@H]2CC3)cc1. The van der Waals surface area contributed by atoms with Crippen molar-refractivity contribution < 1.29 is 23.6 Å². The van der Waals surface area contributed by atoms with Gasteiger partial charge in [0, 0.05) is 28.7 Å². The summed E-state index contributed by atoms with van der Waals surface area (Å²) in [6.07, 6.45) is 6.16. The highest BCUT2D eigenvalue weighted by Gasteiger charge is 2.54. The van der Waals surface area contributed by atoms with Crippen molar-refractivity contribution in [3.63, 3.8) is 0 Å². The topological polar surface area (TPSA) is 104 Å². The number of fused-ring (bicyclic) bond motifs is 4. The minimum atomic E-state index is -0.517. The highest BCUT2D eigenvalue weighted by atomic mass is 16.5. The van der Waals surface area contributed by atoms with Crippen molar-refractivity contribution in [3.05, 3.63) is 100 Å². The summed E-state index contributed by atoms with van der Waals surface area (Å²) in [6, 6.07) is 14.9. The summed E-state index contributed by atoms with van der Waals surface area (Å²) in [5.74, 6) is 1.09. The summed E-state index contributed by atoms with van der Waals surface area (Å²) in [5, 5.41) is 4.14. The number of hydrogen-bond donors (Lipinski definition) is 0. The summed E-state index contributed by atoms with van der Waals surface area (Å²) < 4.78 is 16.2. The van der Waals surface area contributed by atoms with Crippen molar-refractivity contribution in [1.29, 1.82) is 0 Å². The standard InChI is InChI=1S/C32H31N3O5/c1-4-38-30(36)21-11-9-20(10-12-21)29-33-17-23-13-14-26-19(3)27-24(18-34-40-27)16-32(26,28(23)35-29)25-8-6-7-22(15-25)31(37)39-5-2/h6-12,15,17-19,26H,4-5,13-14,16H2,1-3H3/t19-,26-,32+/m0/s1. The number of rotatable bonds is 6. The molecule has 3 atom stereocenters. The maximum atomic E-state index is 12.8. The molecule has 0 spiro atoms. The van der Waals surface area contributed by atoms with E-state index >= 15 is 0 Å². The summed E-state index contributed by atoms with van der Waals surface area (Å²) in [5.41, 5.74) is 5.42. The van der Waals surface area contributed by atoms with Gasteiger partial charge in [0.2, 0.25) is 0 Å². The monoisotopic (exact) mass is 537 g/mol. The van der Waals surface area contributed by atoms with Crippen LogP contribution in [0.5, 0.6) is 0 Å². The Labute approximate surface area is 232 Å². The lowest BCUT2D eigenvalue weighted by atomic mass is 9.53. The molecule has 0 fully saturated rings. The third-order valence-electron chi connectivity index (χ3n) is 8.35. The van der Waals surface area contributed by atoms with Gasteiger partial charge >= 0.3 is 11.9 Å². The molecule has 0 N–H and O–H groups in total. The van der Waals surface area contributed by atoms with Crippen LogP contribution in [0.4, 0.5) is 0 Å². The maximum absolute atomic E-state index is 12.8. The molecule has 0 unspecified atom stereocenters. The Morgan fingerprint density at radius 3 is 2.48 bits per heavy atom. The lowest BCUT2D eigenvalue weighted by molar-refractivity contribution is 0.0516. The lowest BCUT2D eigenvalue weighted by Crippen LogP contribution is -2.48. The zero-order chi connectivity index (χ0) is 27.9. The second-order valence-electron chi connectivity index (χ2n) is 10.5. The third-order valence-corrected chi connectivity index (χ3v) is 8.35. The van der Waals surface area contributed by atoms with E-state index in [-0.39, 0.29) is 23.8 Å². The fourth-order valence-electron chi connectivity index (χ4n) is 6.56. The van der Waals surface area contributed by atoms with E-state index in [4.69, 9.17) is 24.0 Å². The highest BCUT2D eigenvalue weighted by molar-refractivity contribution is 5.90. The van der Waals surface area contributed by atoms with Crippen LogP contribution < -0.4 is 0 Å². The average molecular weight is 538 g/mol. The summed E-state index contributed by atoms with van der Waals surface area (Å²) >= 11 is 0. The second-order valence-corrected chi connectivity index (χ2v) is 10.5. The number of aromatic nitrogens is 3. The first-order valence-electron chi connectivity index (χ1n) is 13.8. The van der Waals surface area contributed by atoms with Crippen LogP contribution in [0.1, 0.15) is 82.0 Å². The molecule has 8 heteroatoms. The van der Waals surface area contributed by atoms with Gasteiger partial charge in [0.25, 0.3) is 0 Å². The minimum Gasteiger partial charge on any atom is -0.462 e. The number of benzene rings is 2. The van der Waals surface area contributed by atoms with Gasteiger partial charge in [0.1, 0.15) is 5.76 Å². The fraction of sp³-hybridized carbons (Fsp3) is 0.344. The Morgan fingerprint density at radius 2 is 1.73 bits per heavy atom. The van der Waals surface area contributed by atoms with E-state index in [2.05, 4.69) is 18.1 Å². The number of esters is 2. The fourth-order valence-corrected chi connectivity index (χ4v) is 6.56. The molecule has 204 valence electrons. The van der Waals surface area contributed by atoms with Gasteiger partial charge in [-0.3, -0.25) is 0 Å². The molecular formula is C32H31N3O5. The van der Waals surface area contributed by atoms with Crippen LogP contribution in [0.25, 0.3) is 11.4 Å². The van der Waals surface area contributed by atoms with Gasteiger partial charge in [-0.15, -0.1) is 0 Å². The highest BCUT2D eigenvalue weighted by Crippen LogP contribution is 2.56. The molecule has 6 rings (SSSR count). The summed E-state index contributed by atoms with van der Waals surface area (Å²) in [7, 11) is 0. The second kappa shape index (κ2) is 10.3. The molecule has 2 aliphatic carbocycles. The van der Waals surface area contributed by atoms with Crippen molar-refractivity contribution >= 4 is 11.9 Å². The van der Waals surface area contributed by atoms with Gasteiger partial charge in [-0.05, 0) is 74.4 Å². The normalized spacial score (nSPS) is 21.1. The molecule has 2 heterocycles. The Hall–Kier alpha value is -4.33. The Morgan fingerprint density at radius 1 is 0.975 bits per heavy atom. The zero-order valence-corrected chi connectivity index (χ0v) is 22.8. The molecule has 40 heavy (non-hydrogen) atoms. The predicted octanol–water partition coefficient (Wildman–Crippen LogP) is 5.69. The summed E-state index contributed by atoms with van der Waals surface area (Å²) in [6.45, 7) is 6.42. The van der Waals surface area contributed by atoms with Crippen LogP contribution in [-0.2, 0) is 27.7 Å². The van der Waals surface area contributed by atoms with Crippen molar-refractivity contribution in [2.45, 2.75) is 51.4 Å². The number of nitrogens with zero attached hydrogens (tertiary/aromatic N) is 3. The number of carbonyl (C=O) groups excluding carboxylic acids is 2. The number of carbonyl (C=O) groups is 2. The van der Waals surface area contributed by atoms with Crippen LogP contribution in [0.15, 0.2) is 65.4 Å². The van der Waals surface area contributed by atoms with Crippen LogP contribution >= 0.6 is 0 Å². The van der Waals surface area contributed by atoms with E-state index in [1.165, 1.54) is 0 Å². The van der Waals surface area contributed by atoms with Crippen LogP contribution in [0, 0.1) is 5.92 Å². The molecule has 8 nitrogen and oxygen atoms in total. The first kappa shape index (κ1) is 25.9. The maximum Gasteiger partial charge on any atom is 0.338 e. The predicted molar refractivity (Wildman–Crippen MR) is 147 cm³/mol. The van der Waals surface area contributed by atoms with Crippen LogP contribution in [0.2, 0.25) is 0 Å². The Kier molecular flexibility index (Phi) is 6.70. The van der Waals surface area contributed by atoms with E-state index in [1.807, 2.05) is 43.6 Å². The van der Waals surface area contributed by atoms with Crippen molar-refractivity contribution in [2.24, 2.45) is 5.92 Å². The molecule has 0 amide bonds. The smallest absolute Gasteiger partial charge is 0.338 e. The Balaban J connectivity index is 1.51. The van der Waals surface area contributed by atoms with Crippen molar-refractivity contribution in [3.8, 4) is 11.4 Å². The number of aryl methyl sites for hydroxylation is 1. The van der Waals surface area contributed by atoms with E-state index < -0.39 is 5.41 Å². The van der Waals surface area contributed by atoms with Gasteiger partial charge in [0.15, 0.2) is 5.82 Å². The molecule has 2 aliphatic rings. The minimum absolute atomic E-state index is 0.105. The molecule has 2 aromatic carbocycles. The summed E-state index contributed by atoms with van der Waals surface area (Å²) in [4.78, 5) is 34.9. The largest absolute Gasteiger partial charge is 0.462 e. The van der Waals surface area contributed by atoms with Gasteiger partial charge in [-0.2, -0.15) is 0 Å². The van der Waals surface area contributed by atoms with E-state index in [9.17, 15) is 9.59 Å². The van der Waals surface area contributed by atoms with Gasteiger partial charge in [-0.25, -0.2) is 19.6 Å². The first-order chi connectivity index (χ1) is 19.5. The first-order valence-corrected chi connectivity index (χ1v) is 13.8. The van der Waals surface area contributed by atoms with E-state index in [0.717, 1.165) is 46.5 Å². The number of hydrogen-bond acceptors (Lipinski definition) is 8. The van der Waals surface area contributed by atoms with Gasteiger partial charge in [-0.1, -0.05) is 36.3 Å². The molecule has 2 aromatic heterocycles. The van der Waals surface area contributed by atoms with Gasteiger partial charge in [0.05, 0.1) is 36.2 Å². The van der Waals surface area contributed by atoms with Gasteiger partial charge < -0.3 is 14.0 Å².